The number of nitrogens with zero attached hydrogens (tertiary/aromatic N) is 4. The van der Waals surface area contributed by atoms with E-state index in [1.54, 1.807) is 18.1 Å². The van der Waals surface area contributed by atoms with Gasteiger partial charge in [0.05, 0.1) is 12.4 Å². The standard InChI is InChI=1S/C16H28N6O2.HI/c1-16(2,3)24-15(23)22-10-13(11-22)20-14(17-4)19-6-5-8-21-9-7-18-12-21;/h7,9,12-13H,5-6,8,10-11H2,1-4H3,(H2,17,19,20);1H. The maximum atomic E-state index is 11.9. The molecule has 1 aromatic rings. The van der Waals surface area contributed by atoms with E-state index >= 15 is 0 Å². The fourth-order valence-electron chi connectivity index (χ4n) is 2.32. The summed E-state index contributed by atoms with van der Waals surface area (Å²) in [6.45, 7) is 8.61. The van der Waals surface area contributed by atoms with Crippen LogP contribution in [0.15, 0.2) is 23.7 Å². The van der Waals surface area contributed by atoms with Crippen molar-refractivity contribution in [2.45, 2.75) is 45.4 Å². The van der Waals surface area contributed by atoms with E-state index in [4.69, 9.17) is 4.74 Å². The van der Waals surface area contributed by atoms with Crippen molar-refractivity contribution >= 4 is 36.0 Å². The van der Waals surface area contributed by atoms with E-state index in [0.29, 0.717) is 13.1 Å². The number of ether oxygens (including phenoxy) is 1. The van der Waals surface area contributed by atoms with Gasteiger partial charge in [-0.2, -0.15) is 0 Å². The predicted molar refractivity (Wildman–Crippen MR) is 108 cm³/mol. The first-order valence-corrected chi connectivity index (χ1v) is 8.28. The van der Waals surface area contributed by atoms with Crippen molar-refractivity contribution in [3.05, 3.63) is 18.7 Å². The highest BCUT2D eigenvalue weighted by Crippen LogP contribution is 2.15. The van der Waals surface area contributed by atoms with E-state index in [-0.39, 0.29) is 36.1 Å². The van der Waals surface area contributed by atoms with Crippen molar-refractivity contribution < 1.29 is 9.53 Å². The van der Waals surface area contributed by atoms with Gasteiger partial charge in [0.25, 0.3) is 0 Å². The molecule has 2 N–H and O–H groups in total. The molecule has 1 fully saturated rings. The molecule has 1 amide bonds. The number of hydrogen-bond acceptors (Lipinski definition) is 4. The average Bonchev–Trinajstić information content (AvgIpc) is 2.95. The van der Waals surface area contributed by atoms with Crippen molar-refractivity contribution in [3.8, 4) is 0 Å². The Morgan fingerprint density at radius 2 is 2.12 bits per heavy atom. The maximum Gasteiger partial charge on any atom is 0.410 e. The van der Waals surface area contributed by atoms with Crippen LogP contribution in [0, 0.1) is 0 Å². The number of aromatic nitrogens is 2. The van der Waals surface area contributed by atoms with Gasteiger partial charge in [0.15, 0.2) is 5.96 Å². The minimum absolute atomic E-state index is 0. The molecule has 142 valence electrons. The first-order chi connectivity index (χ1) is 11.4. The molecular weight excluding hydrogens is 435 g/mol. The first kappa shape index (κ1) is 21.5. The Bertz CT molecular complexity index is 549. The van der Waals surface area contributed by atoms with E-state index in [9.17, 15) is 4.79 Å². The van der Waals surface area contributed by atoms with Crippen LogP contribution in [0.5, 0.6) is 0 Å². The van der Waals surface area contributed by atoms with Crippen molar-refractivity contribution in [3.63, 3.8) is 0 Å². The molecule has 25 heavy (non-hydrogen) atoms. The minimum atomic E-state index is -0.456. The van der Waals surface area contributed by atoms with Gasteiger partial charge < -0.3 is 24.8 Å². The molecule has 0 aromatic carbocycles. The van der Waals surface area contributed by atoms with Gasteiger partial charge in [0, 0.05) is 45.6 Å². The van der Waals surface area contributed by atoms with E-state index in [0.717, 1.165) is 25.5 Å². The van der Waals surface area contributed by atoms with E-state index in [2.05, 4.69) is 20.6 Å². The van der Waals surface area contributed by atoms with Crippen LogP contribution >= 0.6 is 24.0 Å². The average molecular weight is 464 g/mol. The number of carbonyl (C=O) groups is 1. The van der Waals surface area contributed by atoms with Gasteiger partial charge in [-0.1, -0.05) is 0 Å². The van der Waals surface area contributed by atoms with Gasteiger partial charge in [0.2, 0.25) is 0 Å². The minimum Gasteiger partial charge on any atom is -0.444 e. The van der Waals surface area contributed by atoms with Crippen LogP contribution in [0.25, 0.3) is 0 Å². The number of carbonyl (C=O) groups excluding carboxylic acids is 1. The second-order valence-corrected chi connectivity index (χ2v) is 6.88. The SMILES string of the molecule is CN=C(NCCCn1ccnc1)NC1CN(C(=O)OC(C)(C)C)C1.I. The third-order valence-electron chi connectivity index (χ3n) is 3.54. The summed E-state index contributed by atoms with van der Waals surface area (Å²) in [6, 6.07) is 0.206. The van der Waals surface area contributed by atoms with Crippen molar-refractivity contribution in [2.24, 2.45) is 4.99 Å². The molecule has 0 spiro atoms. The highest BCUT2D eigenvalue weighted by atomic mass is 127. The molecule has 2 heterocycles. The zero-order valence-electron chi connectivity index (χ0n) is 15.4. The maximum absolute atomic E-state index is 11.9. The molecule has 2 rings (SSSR count). The molecule has 0 atom stereocenters. The Morgan fingerprint density at radius 3 is 2.68 bits per heavy atom. The molecular formula is C16H29IN6O2. The largest absolute Gasteiger partial charge is 0.444 e. The summed E-state index contributed by atoms with van der Waals surface area (Å²) >= 11 is 0. The normalized spacial score (nSPS) is 15.2. The first-order valence-electron chi connectivity index (χ1n) is 8.28. The topological polar surface area (TPSA) is 83.8 Å². The number of hydrogen-bond donors (Lipinski definition) is 2. The van der Waals surface area contributed by atoms with Crippen molar-refractivity contribution in [2.75, 3.05) is 26.7 Å². The monoisotopic (exact) mass is 464 g/mol. The predicted octanol–water partition coefficient (Wildman–Crippen LogP) is 1.68. The number of amides is 1. The Morgan fingerprint density at radius 1 is 1.40 bits per heavy atom. The number of imidazole rings is 1. The van der Waals surface area contributed by atoms with Crippen LogP contribution in [0.3, 0.4) is 0 Å². The molecule has 9 heteroatoms. The lowest BCUT2D eigenvalue weighted by Gasteiger charge is -2.40. The number of aliphatic imine (C=N–C) groups is 1. The highest BCUT2D eigenvalue weighted by Gasteiger charge is 2.34. The third kappa shape index (κ3) is 7.49. The summed E-state index contributed by atoms with van der Waals surface area (Å²) in [5.74, 6) is 0.759. The van der Waals surface area contributed by atoms with Gasteiger partial charge in [-0.3, -0.25) is 4.99 Å². The Balaban J connectivity index is 0.00000312. The van der Waals surface area contributed by atoms with Crippen LogP contribution in [-0.2, 0) is 11.3 Å². The lowest BCUT2D eigenvalue weighted by atomic mass is 10.1. The van der Waals surface area contributed by atoms with Crippen LogP contribution in [0.4, 0.5) is 4.79 Å². The molecule has 0 saturated carbocycles. The number of guanidine groups is 1. The number of nitrogens with one attached hydrogen (secondary N) is 2. The third-order valence-corrected chi connectivity index (χ3v) is 3.54. The molecule has 1 aliphatic rings. The fourth-order valence-corrected chi connectivity index (χ4v) is 2.32. The Labute approximate surface area is 166 Å². The van der Waals surface area contributed by atoms with Crippen LogP contribution in [-0.4, -0.2) is 64.8 Å². The van der Waals surface area contributed by atoms with E-state index in [1.807, 2.05) is 37.9 Å². The van der Waals surface area contributed by atoms with E-state index < -0.39 is 5.60 Å². The summed E-state index contributed by atoms with van der Waals surface area (Å²) in [5, 5.41) is 6.60. The zero-order chi connectivity index (χ0) is 17.6. The number of likely N-dealkylation sites (tertiary alicyclic amines) is 1. The number of aryl methyl sites for hydroxylation is 1. The van der Waals surface area contributed by atoms with E-state index in [1.165, 1.54) is 0 Å². The van der Waals surface area contributed by atoms with Crippen LogP contribution in [0.1, 0.15) is 27.2 Å². The molecule has 0 aliphatic carbocycles. The summed E-state index contributed by atoms with van der Waals surface area (Å²) in [4.78, 5) is 21.8. The molecule has 1 aliphatic heterocycles. The van der Waals surface area contributed by atoms with Crippen LogP contribution < -0.4 is 10.6 Å². The second kappa shape index (κ2) is 9.83. The number of rotatable bonds is 5. The Kier molecular flexibility index (Phi) is 8.46. The fraction of sp³-hybridized carbons (Fsp3) is 0.688. The van der Waals surface area contributed by atoms with Gasteiger partial charge in [-0.15, -0.1) is 24.0 Å². The van der Waals surface area contributed by atoms with Gasteiger partial charge in [-0.05, 0) is 27.2 Å². The van der Waals surface area contributed by atoms with Gasteiger partial charge in [0.1, 0.15) is 5.60 Å². The summed E-state index contributed by atoms with van der Waals surface area (Å²) < 4.78 is 7.39. The molecule has 0 radical (unpaired) electrons. The molecule has 0 bridgehead atoms. The highest BCUT2D eigenvalue weighted by molar-refractivity contribution is 14.0. The summed E-state index contributed by atoms with van der Waals surface area (Å²) in [7, 11) is 1.75. The summed E-state index contributed by atoms with van der Waals surface area (Å²) in [6.07, 6.45) is 6.26. The smallest absolute Gasteiger partial charge is 0.410 e. The van der Waals surface area contributed by atoms with Crippen molar-refractivity contribution in [1.29, 1.82) is 0 Å². The zero-order valence-corrected chi connectivity index (χ0v) is 17.7. The second-order valence-electron chi connectivity index (χ2n) is 6.88. The van der Waals surface area contributed by atoms with Crippen molar-refractivity contribution in [1.82, 2.24) is 25.1 Å². The Hall–Kier alpha value is -1.52. The molecule has 1 saturated heterocycles. The molecule has 8 nitrogen and oxygen atoms in total. The quantitative estimate of drug-likeness (QED) is 0.300. The van der Waals surface area contributed by atoms with Gasteiger partial charge >= 0.3 is 6.09 Å². The lowest BCUT2D eigenvalue weighted by Crippen LogP contribution is -2.63. The lowest BCUT2D eigenvalue weighted by molar-refractivity contribution is 0.00701. The molecule has 1 aromatic heterocycles. The summed E-state index contributed by atoms with van der Waals surface area (Å²) in [5.41, 5.74) is -0.456. The number of halogens is 1. The van der Waals surface area contributed by atoms with Crippen LogP contribution in [0.2, 0.25) is 0 Å². The molecule has 0 unspecified atom stereocenters. The van der Waals surface area contributed by atoms with Gasteiger partial charge in [-0.25, -0.2) is 9.78 Å².